The van der Waals surface area contributed by atoms with Gasteiger partial charge in [0, 0.05) is 12.6 Å². The summed E-state index contributed by atoms with van der Waals surface area (Å²) in [6.45, 7) is 2.27. The first kappa shape index (κ1) is 11.6. The van der Waals surface area contributed by atoms with E-state index in [1.54, 1.807) is 18.2 Å². The van der Waals surface area contributed by atoms with Crippen LogP contribution < -0.4 is 10.5 Å². The number of hydrogen-bond acceptors (Lipinski definition) is 4. The van der Waals surface area contributed by atoms with E-state index in [1.807, 2.05) is 6.92 Å². The van der Waals surface area contributed by atoms with Gasteiger partial charge in [0.2, 0.25) is 0 Å². The summed E-state index contributed by atoms with van der Waals surface area (Å²) >= 11 is 0. The van der Waals surface area contributed by atoms with Crippen molar-refractivity contribution >= 4 is 0 Å². The fourth-order valence-electron chi connectivity index (χ4n) is 1.42. The molecule has 90 valence electrons. The Balaban J connectivity index is 2.04. The Labute approximate surface area is 98.2 Å². The molecule has 0 bridgehead atoms. The van der Waals surface area contributed by atoms with Gasteiger partial charge in [-0.15, -0.1) is 0 Å². The van der Waals surface area contributed by atoms with Crippen LogP contribution in [0.2, 0.25) is 0 Å². The van der Waals surface area contributed by atoms with Crippen LogP contribution in [0, 0.1) is 12.7 Å². The number of aromatic nitrogens is 1. The molecule has 0 fully saturated rings. The second-order valence-corrected chi connectivity index (χ2v) is 3.69. The molecule has 0 atom stereocenters. The van der Waals surface area contributed by atoms with Crippen LogP contribution in [0.15, 0.2) is 28.8 Å². The Morgan fingerprint density at radius 1 is 1.41 bits per heavy atom. The van der Waals surface area contributed by atoms with Crippen LogP contribution in [0.25, 0.3) is 0 Å². The largest absolute Gasteiger partial charge is 0.482 e. The van der Waals surface area contributed by atoms with Crippen molar-refractivity contribution in [3.05, 3.63) is 47.1 Å². The minimum atomic E-state index is -0.427. The van der Waals surface area contributed by atoms with Crippen molar-refractivity contribution in [2.45, 2.75) is 20.1 Å². The van der Waals surface area contributed by atoms with Crippen LogP contribution in [-0.4, -0.2) is 5.16 Å². The third kappa shape index (κ3) is 2.82. The van der Waals surface area contributed by atoms with E-state index >= 15 is 0 Å². The van der Waals surface area contributed by atoms with Crippen molar-refractivity contribution in [3.8, 4) is 5.75 Å². The van der Waals surface area contributed by atoms with Crippen molar-refractivity contribution in [1.29, 1.82) is 0 Å². The summed E-state index contributed by atoms with van der Waals surface area (Å²) in [7, 11) is 0. The van der Waals surface area contributed by atoms with E-state index in [-0.39, 0.29) is 12.4 Å². The molecule has 1 aromatic carbocycles. The maximum Gasteiger partial charge on any atom is 0.174 e. The van der Waals surface area contributed by atoms with Gasteiger partial charge < -0.3 is 15.0 Å². The summed E-state index contributed by atoms with van der Waals surface area (Å²) in [5.41, 5.74) is 6.90. The van der Waals surface area contributed by atoms with Gasteiger partial charge >= 0.3 is 0 Å². The van der Waals surface area contributed by atoms with E-state index in [9.17, 15) is 4.39 Å². The molecule has 0 saturated carbocycles. The number of hydrogen-bond donors (Lipinski definition) is 1. The Morgan fingerprint density at radius 3 is 2.82 bits per heavy atom. The number of nitrogens with two attached hydrogens (primary N) is 1. The third-order valence-corrected chi connectivity index (χ3v) is 2.28. The molecule has 1 aromatic heterocycles. The molecule has 0 unspecified atom stereocenters. The minimum Gasteiger partial charge on any atom is -0.482 e. The van der Waals surface area contributed by atoms with E-state index in [0.29, 0.717) is 12.3 Å². The van der Waals surface area contributed by atoms with Gasteiger partial charge in [-0.25, -0.2) is 4.39 Å². The number of benzene rings is 1. The summed E-state index contributed by atoms with van der Waals surface area (Å²) in [4.78, 5) is 0. The van der Waals surface area contributed by atoms with Crippen LogP contribution >= 0.6 is 0 Å². The van der Waals surface area contributed by atoms with Gasteiger partial charge in [-0.3, -0.25) is 0 Å². The molecule has 17 heavy (non-hydrogen) atoms. The Hall–Kier alpha value is -1.88. The highest BCUT2D eigenvalue weighted by molar-refractivity contribution is 5.29. The predicted octanol–water partition coefficient (Wildman–Crippen LogP) is 2.16. The monoisotopic (exact) mass is 236 g/mol. The summed E-state index contributed by atoms with van der Waals surface area (Å²) in [6, 6.07) is 6.39. The zero-order valence-corrected chi connectivity index (χ0v) is 9.44. The smallest absolute Gasteiger partial charge is 0.174 e. The van der Waals surface area contributed by atoms with Crippen LogP contribution in [0.5, 0.6) is 5.75 Å². The molecule has 4 nitrogen and oxygen atoms in total. The second-order valence-electron chi connectivity index (χ2n) is 3.69. The molecular weight excluding hydrogens is 223 g/mol. The predicted molar refractivity (Wildman–Crippen MR) is 59.9 cm³/mol. The van der Waals surface area contributed by atoms with Crippen molar-refractivity contribution in [2.75, 3.05) is 0 Å². The van der Waals surface area contributed by atoms with Crippen LogP contribution in [0.3, 0.4) is 0 Å². The van der Waals surface area contributed by atoms with Gasteiger partial charge in [-0.2, -0.15) is 0 Å². The summed E-state index contributed by atoms with van der Waals surface area (Å²) in [6.07, 6.45) is 0. The Morgan fingerprint density at radius 2 is 2.24 bits per heavy atom. The van der Waals surface area contributed by atoms with Gasteiger partial charge in [0.05, 0.1) is 5.69 Å². The van der Waals surface area contributed by atoms with E-state index in [0.717, 1.165) is 11.3 Å². The van der Waals surface area contributed by atoms with Crippen molar-refractivity contribution in [2.24, 2.45) is 5.73 Å². The number of aryl methyl sites for hydroxylation is 1. The minimum absolute atomic E-state index is 0.153. The van der Waals surface area contributed by atoms with Gasteiger partial charge in [-0.1, -0.05) is 11.2 Å². The molecule has 0 aliphatic heterocycles. The standard InChI is InChI=1S/C12H13FN2O2/c1-8-4-10(17-15-8)7-16-12-3-2-9(6-14)5-11(12)13/h2-5H,6-7,14H2,1H3. The highest BCUT2D eigenvalue weighted by Gasteiger charge is 2.06. The van der Waals surface area contributed by atoms with E-state index in [4.69, 9.17) is 15.0 Å². The lowest BCUT2D eigenvalue weighted by atomic mass is 10.2. The van der Waals surface area contributed by atoms with Crippen molar-refractivity contribution in [3.63, 3.8) is 0 Å². The van der Waals surface area contributed by atoms with Gasteiger partial charge in [0.1, 0.15) is 6.61 Å². The summed E-state index contributed by atoms with van der Waals surface area (Å²) in [5.74, 6) is 0.310. The molecule has 5 heteroatoms. The molecule has 2 aromatic rings. The lowest BCUT2D eigenvalue weighted by Crippen LogP contribution is -2.00. The molecule has 0 aliphatic carbocycles. The zero-order chi connectivity index (χ0) is 12.3. The maximum absolute atomic E-state index is 13.5. The SMILES string of the molecule is Cc1cc(COc2ccc(CN)cc2F)on1. The average molecular weight is 236 g/mol. The number of nitrogens with zero attached hydrogens (tertiary/aromatic N) is 1. The van der Waals surface area contributed by atoms with E-state index in [2.05, 4.69) is 5.16 Å². The first-order valence-corrected chi connectivity index (χ1v) is 5.22. The molecule has 0 aliphatic rings. The molecule has 0 saturated heterocycles. The molecule has 2 rings (SSSR count). The zero-order valence-electron chi connectivity index (χ0n) is 9.44. The first-order chi connectivity index (χ1) is 8.19. The van der Waals surface area contributed by atoms with E-state index in [1.165, 1.54) is 6.07 Å². The number of halogens is 1. The van der Waals surface area contributed by atoms with Crippen molar-refractivity contribution < 1.29 is 13.7 Å². The third-order valence-electron chi connectivity index (χ3n) is 2.28. The molecule has 2 N–H and O–H groups in total. The van der Waals surface area contributed by atoms with Gasteiger partial charge in [-0.05, 0) is 24.6 Å². The molecule has 0 spiro atoms. The molecular formula is C12H13FN2O2. The first-order valence-electron chi connectivity index (χ1n) is 5.22. The summed E-state index contributed by atoms with van der Waals surface area (Å²) < 4.78 is 23.8. The number of ether oxygens (including phenoxy) is 1. The Kier molecular flexibility index (Phi) is 3.39. The number of rotatable bonds is 4. The fourth-order valence-corrected chi connectivity index (χ4v) is 1.42. The second kappa shape index (κ2) is 4.97. The topological polar surface area (TPSA) is 61.3 Å². The fraction of sp³-hybridized carbons (Fsp3) is 0.250. The van der Waals surface area contributed by atoms with Crippen LogP contribution in [-0.2, 0) is 13.2 Å². The highest BCUT2D eigenvalue weighted by atomic mass is 19.1. The van der Waals surface area contributed by atoms with Crippen LogP contribution in [0.4, 0.5) is 4.39 Å². The van der Waals surface area contributed by atoms with Crippen molar-refractivity contribution in [1.82, 2.24) is 5.16 Å². The van der Waals surface area contributed by atoms with Gasteiger partial charge in [0.25, 0.3) is 0 Å². The van der Waals surface area contributed by atoms with Gasteiger partial charge in [0.15, 0.2) is 17.3 Å². The molecule has 0 radical (unpaired) electrons. The highest BCUT2D eigenvalue weighted by Crippen LogP contribution is 2.19. The lowest BCUT2D eigenvalue weighted by molar-refractivity contribution is 0.240. The Bertz CT molecular complexity index is 511. The quantitative estimate of drug-likeness (QED) is 0.883. The van der Waals surface area contributed by atoms with Crippen LogP contribution in [0.1, 0.15) is 17.0 Å². The maximum atomic E-state index is 13.5. The molecule has 1 heterocycles. The lowest BCUT2D eigenvalue weighted by Gasteiger charge is -2.06. The average Bonchev–Trinajstić information content (AvgIpc) is 2.73. The normalized spacial score (nSPS) is 10.5. The molecule has 0 amide bonds. The van der Waals surface area contributed by atoms with E-state index < -0.39 is 5.82 Å². The summed E-state index contributed by atoms with van der Waals surface area (Å²) in [5, 5.41) is 3.71.